The van der Waals surface area contributed by atoms with Crippen LogP contribution in [0.3, 0.4) is 0 Å². The molecule has 0 aliphatic carbocycles. The average molecular weight is 428 g/mol. The van der Waals surface area contributed by atoms with Gasteiger partial charge < -0.3 is 9.73 Å². The zero-order valence-corrected chi connectivity index (χ0v) is 17.2. The zero-order valence-electron chi connectivity index (χ0n) is 16.4. The highest BCUT2D eigenvalue weighted by Crippen LogP contribution is 2.26. The van der Waals surface area contributed by atoms with Crippen molar-refractivity contribution in [2.45, 2.75) is 13.3 Å². The van der Waals surface area contributed by atoms with E-state index >= 15 is 0 Å². The quantitative estimate of drug-likeness (QED) is 0.539. The normalized spacial score (nSPS) is 11.2. The summed E-state index contributed by atoms with van der Waals surface area (Å²) < 4.78 is 21.3. The second-order valence-electron chi connectivity index (χ2n) is 6.87. The van der Waals surface area contributed by atoms with Crippen molar-refractivity contribution >= 4 is 33.5 Å². The van der Waals surface area contributed by atoms with E-state index in [1.54, 1.807) is 24.4 Å². The number of carbonyl (C=O) groups is 1. The van der Waals surface area contributed by atoms with Crippen LogP contribution in [0.1, 0.15) is 11.1 Å². The molecule has 3 heterocycles. The van der Waals surface area contributed by atoms with Gasteiger partial charge in [0.1, 0.15) is 11.2 Å². The highest BCUT2D eigenvalue weighted by Gasteiger charge is 2.19. The number of thiazole rings is 1. The van der Waals surface area contributed by atoms with Gasteiger partial charge in [0.15, 0.2) is 5.13 Å². The van der Waals surface area contributed by atoms with Crippen LogP contribution in [-0.2, 0) is 25.3 Å². The lowest BCUT2D eigenvalue weighted by atomic mass is 10.1. The van der Waals surface area contributed by atoms with E-state index in [0.29, 0.717) is 27.5 Å². The van der Waals surface area contributed by atoms with E-state index in [9.17, 15) is 18.8 Å². The molecular formula is C20H17FN4O4S. The lowest BCUT2D eigenvalue weighted by Crippen LogP contribution is -2.36. The first kappa shape index (κ1) is 19.8. The molecule has 0 aliphatic rings. The summed E-state index contributed by atoms with van der Waals surface area (Å²) in [7, 11) is 2.86. The topological polar surface area (TPSA) is 99.1 Å². The molecule has 10 heteroatoms. The smallest absolute Gasteiger partial charge is 0.333 e. The lowest BCUT2D eigenvalue weighted by molar-refractivity contribution is -0.115. The van der Waals surface area contributed by atoms with Crippen LogP contribution in [0.25, 0.3) is 22.4 Å². The van der Waals surface area contributed by atoms with Gasteiger partial charge in [-0.05, 0) is 18.6 Å². The minimum absolute atomic E-state index is 0.115. The molecule has 1 amide bonds. The first-order valence-corrected chi connectivity index (χ1v) is 9.82. The van der Waals surface area contributed by atoms with Crippen molar-refractivity contribution in [1.82, 2.24) is 14.1 Å². The number of hydrogen-bond acceptors (Lipinski definition) is 6. The van der Waals surface area contributed by atoms with Crippen molar-refractivity contribution in [2.75, 3.05) is 5.32 Å². The Kier molecular flexibility index (Phi) is 4.86. The lowest BCUT2D eigenvalue weighted by Gasteiger charge is -2.03. The van der Waals surface area contributed by atoms with Gasteiger partial charge in [-0.15, -0.1) is 11.3 Å². The number of halogens is 1. The van der Waals surface area contributed by atoms with Gasteiger partial charge in [-0.3, -0.25) is 18.7 Å². The van der Waals surface area contributed by atoms with E-state index in [1.165, 1.54) is 42.3 Å². The molecule has 4 aromatic rings. The first-order chi connectivity index (χ1) is 14.3. The second kappa shape index (κ2) is 7.38. The molecule has 154 valence electrons. The van der Waals surface area contributed by atoms with Gasteiger partial charge in [0.05, 0.1) is 18.4 Å². The fourth-order valence-electron chi connectivity index (χ4n) is 3.11. The van der Waals surface area contributed by atoms with Crippen LogP contribution in [0.2, 0.25) is 0 Å². The number of furan rings is 1. The molecule has 1 N–H and O–H groups in total. The molecule has 0 fully saturated rings. The Morgan fingerprint density at radius 2 is 2.03 bits per heavy atom. The van der Waals surface area contributed by atoms with Crippen LogP contribution < -0.4 is 16.6 Å². The van der Waals surface area contributed by atoms with E-state index in [2.05, 4.69) is 10.3 Å². The van der Waals surface area contributed by atoms with Crippen molar-refractivity contribution in [1.29, 1.82) is 0 Å². The van der Waals surface area contributed by atoms with Gasteiger partial charge in [0.25, 0.3) is 5.56 Å². The average Bonchev–Trinajstić information content (AvgIpc) is 3.34. The number of rotatable bonds is 4. The van der Waals surface area contributed by atoms with Crippen LogP contribution >= 0.6 is 11.3 Å². The summed E-state index contributed by atoms with van der Waals surface area (Å²) >= 11 is 1.21. The molecule has 0 spiro atoms. The summed E-state index contributed by atoms with van der Waals surface area (Å²) in [5, 5.41) is 4.93. The third-order valence-corrected chi connectivity index (χ3v) is 5.57. The summed E-state index contributed by atoms with van der Waals surface area (Å²) in [6.45, 7) is 1.68. The number of nitrogens with zero attached hydrogens (tertiary/aromatic N) is 3. The number of amides is 1. The van der Waals surface area contributed by atoms with Crippen LogP contribution in [0.5, 0.6) is 0 Å². The van der Waals surface area contributed by atoms with E-state index in [4.69, 9.17) is 4.42 Å². The largest absolute Gasteiger partial charge is 0.447 e. The summed E-state index contributed by atoms with van der Waals surface area (Å²) in [4.78, 5) is 41.3. The molecule has 1 aromatic carbocycles. The maximum absolute atomic E-state index is 13.8. The molecule has 4 rings (SSSR count). The SMILES string of the molecule is Cc1ccc(-c2csc(NC(=O)Cc3coc4c3c(=O)n(C)c(=O)n4C)n2)cc1F. The molecule has 0 unspecified atom stereocenters. The minimum atomic E-state index is -0.525. The fourth-order valence-corrected chi connectivity index (χ4v) is 3.84. The van der Waals surface area contributed by atoms with Gasteiger partial charge in [-0.2, -0.15) is 0 Å². The van der Waals surface area contributed by atoms with Crippen molar-refractivity contribution in [3.8, 4) is 11.3 Å². The van der Waals surface area contributed by atoms with Crippen molar-refractivity contribution in [3.05, 3.63) is 67.6 Å². The number of aryl methyl sites for hydroxylation is 2. The third kappa shape index (κ3) is 3.35. The van der Waals surface area contributed by atoms with Crippen molar-refractivity contribution in [2.24, 2.45) is 14.1 Å². The number of hydrogen-bond donors (Lipinski definition) is 1. The summed E-state index contributed by atoms with van der Waals surface area (Å²) in [6.07, 6.45) is 1.17. The van der Waals surface area contributed by atoms with E-state index < -0.39 is 17.2 Å². The molecule has 0 radical (unpaired) electrons. The summed E-state index contributed by atoms with van der Waals surface area (Å²) in [5.41, 5.74) is 1.15. The highest BCUT2D eigenvalue weighted by molar-refractivity contribution is 7.14. The maximum atomic E-state index is 13.8. The Bertz CT molecular complexity index is 1410. The van der Waals surface area contributed by atoms with Gasteiger partial charge in [-0.25, -0.2) is 14.2 Å². The van der Waals surface area contributed by atoms with Gasteiger partial charge in [-0.1, -0.05) is 12.1 Å². The molecule has 3 aromatic heterocycles. The van der Waals surface area contributed by atoms with E-state index in [-0.39, 0.29) is 23.3 Å². The molecule has 0 saturated heterocycles. The van der Waals surface area contributed by atoms with Crippen molar-refractivity contribution in [3.63, 3.8) is 0 Å². The Balaban J connectivity index is 1.56. The maximum Gasteiger partial charge on any atom is 0.333 e. The summed E-state index contributed by atoms with van der Waals surface area (Å²) in [5.74, 6) is -0.724. The van der Waals surface area contributed by atoms with Gasteiger partial charge in [0, 0.05) is 30.6 Å². The van der Waals surface area contributed by atoms with Gasteiger partial charge in [0.2, 0.25) is 11.6 Å². The monoisotopic (exact) mass is 428 g/mol. The standard InChI is InChI=1S/C20H17FN4O4S/c1-10-4-5-11(6-13(10)21)14-9-30-19(22-14)23-15(26)7-12-8-29-18-16(12)17(27)24(2)20(28)25(18)3/h4-6,8-9H,7H2,1-3H3,(H,22,23,26). The molecule has 8 nitrogen and oxygen atoms in total. The number of benzene rings is 1. The molecule has 30 heavy (non-hydrogen) atoms. The Morgan fingerprint density at radius 1 is 1.27 bits per heavy atom. The Labute approximate surface area is 173 Å². The van der Waals surface area contributed by atoms with E-state index in [1.807, 2.05) is 0 Å². The molecule has 0 aliphatic heterocycles. The Hall–Kier alpha value is -3.53. The highest BCUT2D eigenvalue weighted by atomic mass is 32.1. The molecule has 0 saturated carbocycles. The van der Waals surface area contributed by atoms with Crippen LogP contribution in [-0.4, -0.2) is 20.0 Å². The number of fused-ring (bicyclic) bond motifs is 1. The fraction of sp³-hybridized carbons (Fsp3) is 0.200. The predicted molar refractivity (Wildman–Crippen MR) is 111 cm³/mol. The predicted octanol–water partition coefficient (Wildman–Crippen LogP) is 2.58. The molecular weight excluding hydrogens is 411 g/mol. The number of nitrogens with one attached hydrogen (secondary N) is 1. The number of carbonyl (C=O) groups excluding carboxylic acids is 1. The second-order valence-corrected chi connectivity index (χ2v) is 7.73. The molecule has 0 bridgehead atoms. The number of aromatic nitrogens is 3. The van der Waals surface area contributed by atoms with Crippen molar-refractivity contribution < 1.29 is 13.6 Å². The molecule has 0 atom stereocenters. The first-order valence-electron chi connectivity index (χ1n) is 8.94. The van der Waals surface area contributed by atoms with Crippen LogP contribution in [0.15, 0.2) is 43.8 Å². The Morgan fingerprint density at radius 3 is 2.77 bits per heavy atom. The zero-order chi connectivity index (χ0) is 21.6. The number of anilines is 1. The van der Waals surface area contributed by atoms with Gasteiger partial charge >= 0.3 is 5.69 Å². The van der Waals surface area contributed by atoms with Crippen LogP contribution in [0, 0.1) is 12.7 Å². The summed E-state index contributed by atoms with van der Waals surface area (Å²) in [6, 6.07) is 4.82. The third-order valence-electron chi connectivity index (χ3n) is 4.81. The van der Waals surface area contributed by atoms with E-state index in [0.717, 1.165) is 4.57 Å². The van der Waals surface area contributed by atoms with Crippen LogP contribution in [0.4, 0.5) is 9.52 Å². The minimum Gasteiger partial charge on any atom is -0.447 e.